The van der Waals surface area contributed by atoms with Crippen LogP contribution in [0, 0.1) is 6.92 Å². The van der Waals surface area contributed by atoms with Crippen molar-refractivity contribution in [1.82, 2.24) is 30.0 Å². The van der Waals surface area contributed by atoms with E-state index in [1.807, 2.05) is 73.7 Å². The van der Waals surface area contributed by atoms with Crippen LogP contribution >= 0.6 is 0 Å². The first-order valence-corrected chi connectivity index (χ1v) is 13.3. The molecule has 1 aliphatic heterocycles. The van der Waals surface area contributed by atoms with Crippen LogP contribution in [0.25, 0.3) is 11.3 Å². The van der Waals surface area contributed by atoms with E-state index in [1.54, 1.807) is 0 Å². The van der Waals surface area contributed by atoms with E-state index < -0.39 is 6.09 Å². The minimum atomic E-state index is -0.956. The smallest absolute Gasteiger partial charge is 0.407 e. The Hall–Kier alpha value is -4.48. The molecule has 0 bridgehead atoms. The van der Waals surface area contributed by atoms with Gasteiger partial charge in [0.25, 0.3) is 0 Å². The highest BCUT2D eigenvalue weighted by atomic mass is 16.4. The highest BCUT2D eigenvalue weighted by Crippen LogP contribution is 2.24. The lowest BCUT2D eigenvalue weighted by Gasteiger charge is -2.35. The maximum absolute atomic E-state index is 11.8. The van der Waals surface area contributed by atoms with Crippen LogP contribution in [0.15, 0.2) is 66.7 Å². The van der Waals surface area contributed by atoms with Gasteiger partial charge in [0.15, 0.2) is 0 Å². The van der Waals surface area contributed by atoms with Gasteiger partial charge in [-0.15, -0.1) is 0 Å². The molecule has 11 heteroatoms. The van der Waals surface area contributed by atoms with Crippen LogP contribution in [0.4, 0.5) is 22.2 Å². The number of aromatic nitrogens is 4. The van der Waals surface area contributed by atoms with Crippen molar-refractivity contribution in [2.45, 2.75) is 20.0 Å². The SMILES string of the molecule is Cc1nc(Nc2cc(-c3ccc(CN(Cc4ccccc4)C(=O)O)cc3)n[nH]2)cc(N2CCN(CCO)CC2)n1. The molecule has 4 N–H and O–H groups in total. The molecule has 1 saturated heterocycles. The molecular formula is C29H34N8O3. The van der Waals surface area contributed by atoms with E-state index in [0.717, 1.165) is 54.4 Å². The fraction of sp³-hybridized carbons (Fsp3) is 0.310. The summed E-state index contributed by atoms with van der Waals surface area (Å²) in [5.41, 5.74) is 3.53. The maximum atomic E-state index is 11.8. The molecular weight excluding hydrogens is 508 g/mol. The molecule has 0 atom stereocenters. The minimum Gasteiger partial charge on any atom is -0.465 e. The topological polar surface area (TPSA) is 134 Å². The van der Waals surface area contributed by atoms with E-state index in [2.05, 4.69) is 35.3 Å². The van der Waals surface area contributed by atoms with Crippen LogP contribution in [0.1, 0.15) is 17.0 Å². The molecule has 4 aromatic rings. The molecule has 0 unspecified atom stereocenters. The molecule has 11 nitrogen and oxygen atoms in total. The summed E-state index contributed by atoms with van der Waals surface area (Å²) in [6, 6.07) is 21.2. The fourth-order valence-electron chi connectivity index (χ4n) is 4.79. The summed E-state index contributed by atoms with van der Waals surface area (Å²) in [7, 11) is 0. The maximum Gasteiger partial charge on any atom is 0.407 e. The van der Waals surface area contributed by atoms with Crippen LogP contribution in [-0.2, 0) is 13.1 Å². The summed E-state index contributed by atoms with van der Waals surface area (Å²) < 4.78 is 0. The molecule has 2 aromatic carbocycles. The second-order valence-electron chi connectivity index (χ2n) is 9.82. The van der Waals surface area contributed by atoms with Crippen molar-refractivity contribution in [3.05, 3.63) is 83.7 Å². The number of nitrogens with one attached hydrogen (secondary N) is 2. The van der Waals surface area contributed by atoms with Gasteiger partial charge in [-0.2, -0.15) is 5.10 Å². The van der Waals surface area contributed by atoms with E-state index in [1.165, 1.54) is 4.90 Å². The molecule has 0 saturated carbocycles. The minimum absolute atomic E-state index is 0.176. The van der Waals surface area contributed by atoms with Gasteiger partial charge in [0.2, 0.25) is 0 Å². The third kappa shape index (κ3) is 6.93. The summed E-state index contributed by atoms with van der Waals surface area (Å²) >= 11 is 0. The van der Waals surface area contributed by atoms with Crippen molar-refractivity contribution in [3.63, 3.8) is 0 Å². The number of β-amino-alcohol motifs (C(OH)–C–C–N with tert-alkyl or cyclic N) is 1. The van der Waals surface area contributed by atoms with Gasteiger partial charge in [0.05, 0.1) is 12.3 Å². The zero-order chi connectivity index (χ0) is 27.9. The molecule has 1 amide bonds. The summed E-state index contributed by atoms with van der Waals surface area (Å²) in [5, 5.41) is 29.6. The quantitative estimate of drug-likeness (QED) is 0.237. The first kappa shape index (κ1) is 27.1. The first-order valence-electron chi connectivity index (χ1n) is 13.3. The van der Waals surface area contributed by atoms with Gasteiger partial charge in [-0.3, -0.25) is 14.9 Å². The Morgan fingerprint density at radius 2 is 1.68 bits per heavy atom. The Kier molecular flexibility index (Phi) is 8.53. The molecule has 0 aliphatic carbocycles. The van der Waals surface area contributed by atoms with Gasteiger partial charge < -0.3 is 20.4 Å². The zero-order valence-corrected chi connectivity index (χ0v) is 22.5. The number of aromatic amines is 1. The molecule has 1 aliphatic rings. The Bertz CT molecular complexity index is 1400. The number of nitrogens with zero attached hydrogens (tertiary/aromatic N) is 6. The lowest BCUT2D eigenvalue weighted by atomic mass is 10.1. The normalized spacial score (nSPS) is 13.8. The van der Waals surface area contributed by atoms with Crippen LogP contribution in [0.5, 0.6) is 0 Å². The second kappa shape index (κ2) is 12.6. The van der Waals surface area contributed by atoms with E-state index >= 15 is 0 Å². The lowest BCUT2D eigenvalue weighted by Crippen LogP contribution is -2.47. The van der Waals surface area contributed by atoms with Crippen molar-refractivity contribution >= 4 is 23.5 Å². The number of H-pyrrole nitrogens is 1. The van der Waals surface area contributed by atoms with Gasteiger partial charge in [0.1, 0.15) is 23.3 Å². The molecule has 2 aromatic heterocycles. The first-order chi connectivity index (χ1) is 19.5. The number of amides is 1. The fourth-order valence-corrected chi connectivity index (χ4v) is 4.79. The predicted octanol–water partition coefficient (Wildman–Crippen LogP) is 3.71. The Balaban J connectivity index is 1.22. The van der Waals surface area contributed by atoms with Crippen LogP contribution < -0.4 is 10.2 Å². The van der Waals surface area contributed by atoms with Gasteiger partial charge in [-0.1, -0.05) is 54.6 Å². The number of piperazine rings is 1. The zero-order valence-electron chi connectivity index (χ0n) is 22.5. The van der Waals surface area contributed by atoms with Crippen molar-refractivity contribution in [2.24, 2.45) is 0 Å². The average molecular weight is 543 g/mol. The number of hydrogen-bond acceptors (Lipinski definition) is 8. The number of anilines is 3. The van der Waals surface area contributed by atoms with Crippen molar-refractivity contribution in [1.29, 1.82) is 0 Å². The molecule has 1 fully saturated rings. The van der Waals surface area contributed by atoms with E-state index in [0.29, 0.717) is 37.1 Å². The molecule has 5 rings (SSSR count). The van der Waals surface area contributed by atoms with Crippen LogP contribution in [0.3, 0.4) is 0 Å². The molecule has 208 valence electrons. The molecule has 40 heavy (non-hydrogen) atoms. The summed E-state index contributed by atoms with van der Waals surface area (Å²) in [4.78, 5) is 26.8. The largest absolute Gasteiger partial charge is 0.465 e. The number of rotatable bonds is 10. The number of aliphatic hydroxyl groups excluding tert-OH is 1. The lowest BCUT2D eigenvalue weighted by molar-refractivity contribution is 0.139. The van der Waals surface area contributed by atoms with Crippen molar-refractivity contribution in [3.8, 4) is 11.3 Å². The second-order valence-corrected chi connectivity index (χ2v) is 9.82. The summed E-state index contributed by atoms with van der Waals surface area (Å²) in [5.74, 6) is 2.93. The van der Waals surface area contributed by atoms with Gasteiger partial charge >= 0.3 is 6.09 Å². The third-order valence-corrected chi connectivity index (χ3v) is 6.89. The number of aryl methyl sites for hydroxylation is 1. The van der Waals surface area contributed by atoms with Crippen LogP contribution in [0.2, 0.25) is 0 Å². The van der Waals surface area contributed by atoms with Crippen molar-refractivity contribution in [2.75, 3.05) is 49.5 Å². The average Bonchev–Trinajstić information content (AvgIpc) is 3.42. The monoisotopic (exact) mass is 542 g/mol. The van der Waals surface area contributed by atoms with Crippen LogP contribution in [-0.4, -0.2) is 85.6 Å². The van der Waals surface area contributed by atoms with E-state index in [4.69, 9.17) is 0 Å². The molecule has 3 heterocycles. The number of carbonyl (C=O) groups is 1. The number of hydrogen-bond donors (Lipinski definition) is 4. The van der Waals surface area contributed by atoms with Gasteiger partial charge in [-0.05, 0) is 18.1 Å². The third-order valence-electron chi connectivity index (χ3n) is 6.89. The summed E-state index contributed by atoms with van der Waals surface area (Å²) in [6.45, 7) is 6.83. The van der Waals surface area contributed by atoms with Crippen molar-refractivity contribution < 1.29 is 15.0 Å². The van der Waals surface area contributed by atoms with E-state index in [9.17, 15) is 15.0 Å². The Morgan fingerprint density at radius 1 is 0.975 bits per heavy atom. The Labute approximate surface area is 233 Å². The highest BCUT2D eigenvalue weighted by Gasteiger charge is 2.19. The number of aliphatic hydroxyl groups is 1. The van der Waals surface area contributed by atoms with Gasteiger partial charge in [0, 0.05) is 63.5 Å². The number of benzene rings is 2. The molecule has 0 radical (unpaired) electrons. The standard InChI is InChI=1S/C29H34N8O3/c1-21-30-26(18-28(31-21)36-13-11-35(12-14-36)15-16-38)32-27-17-25(33-34-27)24-9-7-23(8-10-24)20-37(29(39)40)19-22-5-3-2-4-6-22/h2-10,17-18,38H,11-16,19-20H2,1H3,(H,39,40)(H2,30,31,32,33,34). The summed E-state index contributed by atoms with van der Waals surface area (Å²) in [6.07, 6.45) is -0.956. The molecule has 0 spiro atoms. The van der Waals surface area contributed by atoms with E-state index in [-0.39, 0.29) is 6.61 Å². The predicted molar refractivity (Wildman–Crippen MR) is 154 cm³/mol. The number of carboxylic acid groups (broad SMARTS) is 1. The highest BCUT2D eigenvalue weighted by molar-refractivity contribution is 5.67. The van der Waals surface area contributed by atoms with Gasteiger partial charge in [-0.25, -0.2) is 14.8 Å². The Morgan fingerprint density at radius 3 is 2.35 bits per heavy atom.